The lowest BCUT2D eigenvalue weighted by molar-refractivity contribution is 0.297. The highest BCUT2D eigenvalue weighted by Gasteiger charge is 2.18. The van der Waals surface area contributed by atoms with E-state index in [1.54, 1.807) is 30.3 Å². The molecule has 3 rings (SSSR count). The molecule has 2 aromatic carbocycles. The lowest BCUT2D eigenvalue weighted by Gasteiger charge is -2.11. The van der Waals surface area contributed by atoms with E-state index in [0.29, 0.717) is 24.7 Å². The van der Waals surface area contributed by atoms with Gasteiger partial charge in [-0.3, -0.25) is 0 Å². The van der Waals surface area contributed by atoms with E-state index >= 15 is 0 Å². The highest BCUT2D eigenvalue weighted by molar-refractivity contribution is 7.89. The zero-order chi connectivity index (χ0) is 17.0. The molecule has 124 valence electrons. The maximum Gasteiger partial charge on any atom is 0.242 e. The van der Waals surface area contributed by atoms with E-state index in [-0.39, 0.29) is 17.0 Å². The average molecular weight is 344 g/mol. The Kier molecular flexibility index (Phi) is 4.69. The quantitative estimate of drug-likeness (QED) is 0.918. The molecule has 0 fully saturated rings. The van der Waals surface area contributed by atoms with E-state index in [9.17, 15) is 8.42 Å². The standard InChI is InChI=1S/C17H16N2O4S/c18-11-14-4-1-2-5-17(14)24(20,21)19-12-13-6-7-15-16(10-13)23-9-3-8-22-15/h1-2,4-7,10,19H,3,8-9,12H2. The van der Waals surface area contributed by atoms with Gasteiger partial charge in [-0.1, -0.05) is 18.2 Å². The molecule has 6 nitrogen and oxygen atoms in total. The number of ether oxygens (including phenoxy) is 2. The van der Waals surface area contributed by atoms with Gasteiger partial charge in [0.25, 0.3) is 0 Å². The Balaban J connectivity index is 1.78. The summed E-state index contributed by atoms with van der Waals surface area (Å²) in [5.74, 6) is 1.27. The molecule has 0 aromatic heterocycles. The van der Waals surface area contributed by atoms with E-state index < -0.39 is 10.0 Å². The van der Waals surface area contributed by atoms with Crippen LogP contribution < -0.4 is 14.2 Å². The van der Waals surface area contributed by atoms with Crippen LogP contribution in [-0.2, 0) is 16.6 Å². The minimum atomic E-state index is -3.77. The average Bonchev–Trinajstić information content (AvgIpc) is 2.85. The van der Waals surface area contributed by atoms with Gasteiger partial charge in [-0.25, -0.2) is 13.1 Å². The number of nitrogens with one attached hydrogen (secondary N) is 1. The summed E-state index contributed by atoms with van der Waals surface area (Å²) in [6.45, 7) is 1.26. The van der Waals surface area contributed by atoms with Gasteiger partial charge in [0.1, 0.15) is 6.07 Å². The molecular formula is C17H16N2O4S. The topological polar surface area (TPSA) is 88.4 Å². The third-order valence-corrected chi connectivity index (χ3v) is 5.03. The number of hydrogen-bond acceptors (Lipinski definition) is 5. The van der Waals surface area contributed by atoms with Crippen molar-refractivity contribution in [1.82, 2.24) is 4.72 Å². The highest BCUT2D eigenvalue weighted by Crippen LogP contribution is 2.30. The first-order valence-electron chi connectivity index (χ1n) is 7.47. The van der Waals surface area contributed by atoms with Crippen molar-refractivity contribution in [2.45, 2.75) is 17.9 Å². The molecule has 0 amide bonds. The Hall–Kier alpha value is -2.56. The van der Waals surface area contributed by atoms with Gasteiger partial charge in [-0.2, -0.15) is 5.26 Å². The predicted octanol–water partition coefficient (Wildman–Crippen LogP) is 2.20. The summed E-state index contributed by atoms with van der Waals surface area (Å²) in [6, 6.07) is 13.3. The summed E-state index contributed by atoms with van der Waals surface area (Å²) in [5, 5.41) is 9.05. The van der Waals surface area contributed by atoms with Gasteiger partial charge in [-0.15, -0.1) is 0 Å². The van der Waals surface area contributed by atoms with Crippen molar-refractivity contribution in [2.75, 3.05) is 13.2 Å². The monoisotopic (exact) mass is 344 g/mol. The minimum Gasteiger partial charge on any atom is -0.490 e. The van der Waals surface area contributed by atoms with Crippen LogP contribution in [0.4, 0.5) is 0 Å². The smallest absolute Gasteiger partial charge is 0.242 e. The largest absolute Gasteiger partial charge is 0.490 e. The van der Waals surface area contributed by atoms with E-state index in [0.717, 1.165) is 12.0 Å². The summed E-state index contributed by atoms with van der Waals surface area (Å²) in [7, 11) is -3.77. The second-order valence-electron chi connectivity index (χ2n) is 5.26. The van der Waals surface area contributed by atoms with E-state index in [4.69, 9.17) is 14.7 Å². The van der Waals surface area contributed by atoms with Crippen LogP contribution in [0.3, 0.4) is 0 Å². The van der Waals surface area contributed by atoms with Crippen molar-refractivity contribution in [2.24, 2.45) is 0 Å². The molecule has 0 saturated carbocycles. The Labute approximate surface area is 140 Å². The molecule has 24 heavy (non-hydrogen) atoms. The first-order valence-corrected chi connectivity index (χ1v) is 8.96. The summed E-state index contributed by atoms with van der Waals surface area (Å²) in [4.78, 5) is -0.0261. The number of sulfonamides is 1. The van der Waals surface area contributed by atoms with E-state index in [1.807, 2.05) is 6.07 Å². The highest BCUT2D eigenvalue weighted by atomic mass is 32.2. The maximum absolute atomic E-state index is 12.4. The SMILES string of the molecule is N#Cc1ccccc1S(=O)(=O)NCc1ccc2c(c1)OCCCO2. The summed E-state index contributed by atoms with van der Waals surface area (Å²) < 4.78 is 38.5. The van der Waals surface area contributed by atoms with Crippen LogP contribution in [-0.4, -0.2) is 21.6 Å². The normalized spacial score (nSPS) is 13.8. The van der Waals surface area contributed by atoms with Gasteiger partial charge >= 0.3 is 0 Å². The summed E-state index contributed by atoms with van der Waals surface area (Å²) in [5.41, 5.74) is 0.862. The van der Waals surface area contributed by atoms with Crippen molar-refractivity contribution >= 4 is 10.0 Å². The van der Waals surface area contributed by atoms with Crippen molar-refractivity contribution in [3.63, 3.8) is 0 Å². The fourth-order valence-corrected chi connectivity index (χ4v) is 3.54. The molecule has 0 unspecified atom stereocenters. The number of nitriles is 1. The first kappa shape index (κ1) is 16.3. The van der Waals surface area contributed by atoms with Gasteiger partial charge in [-0.05, 0) is 29.8 Å². The van der Waals surface area contributed by atoms with Crippen molar-refractivity contribution in [3.8, 4) is 17.6 Å². The molecule has 0 radical (unpaired) electrons. The minimum absolute atomic E-state index is 0.0261. The van der Waals surface area contributed by atoms with Crippen LogP contribution in [0.25, 0.3) is 0 Å². The van der Waals surface area contributed by atoms with Gasteiger partial charge in [0, 0.05) is 13.0 Å². The number of rotatable bonds is 4. The van der Waals surface area contributed by atoms with Gasteiger partial charge in [0.2, 0.25) is 10.0 Å². The van der Waals surface area contributed by atoms with Crippen LogP contribution in [0, 0.1) is 11.3 Å². The predicted molar refractivity (Wildman–Crippen MR) is 87.2 cm³/mol. The van der Waals surface area contributed by atoms with Gasteiger partial charge in [0.15, 0.2) is 11.5 Å². The summed E-state index contributed by atoms with van der Waals surface area (Å²) in [6.07, 6.45) is 0.807. The lowest BCUT2D eigenvalue weighted by Crippen LogP contribution is -2.24. The number of fused-ring (bicyclic) bond motifs is 1. The molecule has 0 atom stereocenters. The van der Waals surface area contributed by atoms with Crippen LogP contribution in [0.2, 0.25) is 0 Å². The van der Waals surface area contributed by atoms with Crippen LogP contribution in [0.15, 0.2) is 47.4 Å². The zero-order valence-corrected chi connectivity index (χ0v) is 13.7. The summed E-state index contributed by atoms with van der Waals surface area (Å²) >= 11 is 0. The second kappa shape index (κ2) is 6.91. The molecule has 7 heteroatoms. The maximum atomic E-state index is 12.4. The Morgan fingerprint density at radius 1 is 1.08 bits per heavy atom. The number of hydrogen-bond donors (Lipinski definition) is 1. The van der Waals surface area contributed by atoms with Crippen LogP contribution in [0.1, 0.15) is 17.5 Å². The molecule has 0 saturated heterocycles. The van der Waals surface area contributed by atoms with Crippen LogP contribution >= 0.6 is 0 Å². The third-order valence-electron chi connectivity index (χ3n) is 3.58. The van der Waals surface area contributed by atoms with E-state index in [1.165, 1.54) is 12.1 Å². The van der Waals surface area contributed by atoms with Gasteiger partial charge in [0.05, 0.1) is 23.7 Å². The number of benzene rings is 2. The number of nitrogens with zero attached hydrogens (tertiary/aromatic N) is 1. The zero-order valence-electron chi connectivity index (χ0n) is 12.9. The molecule has 1 aliphatic heterocycles. The fraction of sp³-hybridized carbons (Fsp3) is 0.235. The molecule has 0 spiro atoms. The molecular weight excluding hydrogens is 328 g/mol. The molecule has 1 aliphatic rings. The Morgan fingerprint density at radius 3 is 2.62 bits per heavy atom. The lowest BCUT2D eigenvalue weighted by atomic mass is 10.2. The van der Waals surface area contributed by atoms with Gasteiger partial charge < -0.3 is 9.47 Å². The molecule has 0 bridgehead atoms. The molecule has 1 heterocycles. The Morgan fingerprint density at radius 2 is 1.83 bits per heavy atom. The molecule has 2 aromatic rings. The Bertz CT molecular complexity index is 888. The van der Waals surface area contributed by atoms with E-state index in [2.05, 4.69) is 4.72 Å². The van der Waals surface area contributed by atoms with Crippen molar-refractivity contribution in [1.29, 1.82) is 5.26 Å². The third kappa shape index (κ3) is 3.50. The van der Waals surface area contributed by atoms with Crippen LogP contribution in [0.5, 0.6) is 11.5 Å². The fourth-order valence-electron chi connectivity index (χ4n) is 2.37. The molecule has 0 aliphatic carbocycles. The van der Waals surface area contributed by atoms with Crippen molar-refractivity contribution in [3.05, 3.63) is 53.6 Å². The van der Waals surface area contributed by atoms with Crippen molar-refractivity contribution < 1.29 is 17.9 Å². The second-order valence-corrected chi connectivity index (χ2v) is 7.00. The molecule has 1 N–H and O–H groups in total. The first-order chi connectivity index (χ1) is 11.6.